The highest BCUT2D eigenvalue weighted by Crippen LogP contribution is 2.32. The molecule has 4 rings (SSSR count). The van der Waals surface area contributed by atoms with E-state index in [1.54, 1.807) is 0 Å². The minimum atomic E-state index is -0.433. The van der Waals surface area contributed by atoms with Crippen molar-refractivity contribution in [1.29, 1.82) is 0 Å². The molecule has 0 aromatic heterocycles. The lowest BCUT2D eigenvalue weighted by atomic mass is 10.00. The Morgan fingerprint density at radius 3 is 2.59 bits per heavy atom. The molecule has 0 radical (unpaired) electrons. The molecule has 2 aliphatic rings. The molecule has 2 aromatic rings. The third kappa shape index (κ3) is 5.01. The van der Waals surface area contributed by atoms with Crippen molar-refractivity contribution in [2.24, 2.45) is 0 Å². The number of aliphatic hydroxyl groups excluding tert-OH is 1. The number of halogens is 1. The van der Waals surface area contributed by atoms with Crippen molar-refractivity contribution in [2.45, 2.75) is 18.9 Å². The van der Waals surface area contributed by atoms with Crippen molar-refractivity contribution in [3.05, 3.63) is 53.1 Å². The van der Waals surface area contributed by atoms with Gasteiger partial charge in [0.15, 0.2) is 0 Å². The van der Waals surface area contributed by atoms with Crippen LogP contribution in [0.5, 0.6) is 0 Å². The van der Waals surface area contributed by atoms with Crippen LogP contribution in [-0.2, 0) is 11.2 Å². The van der Waals surface area contributed by atoms with Gasteiger partial charge in [-0.15, -0.1) is 0 Å². The van der Waals surface area contributed by atoms with E-state index in [1.165, 1.54) is 11.3 Å². The molecule has 2 heterocycles. The summed E-state index contributed by atoms with van der Waals surface area (Å²) in [7, 11) is 0. The molecule has 6 nitrogen and oxygen atoms in total. The van der Waals surface area contributed by atoms with Crippen LogP contribution in [0.25, 0.3) is 0 Å². The molecule has 2 aromatic carbocycles. The maximum atomic E-state index is 11.7. The molecule has 1 amide bonds. The smallest absolute Gasteiger partial charge is 0.224 e. The third-order valence-corrected chi connectivity index (χ3v) is 5.85. The fourth-order valence-corrected chi connectivity index (χ4v) is 4.17. The minimum absolute atomic E-state index is 0.0978. The number of nitrogens with one attached hydrogen (secondary N) is 2. The van der Waals surface area contributed by atoms with E-state index in [-0.39, 0.29) is 5.91 Å². The number of amides is 1. The molecule has 0 aliphatic carbocycles. The number of hydrogen-bond donors (Lipinski definition) is 3. The Hall–Kier alpha value is -2.28. The highest BCUT2D eigenvalue weighted by molar-refractivity contribution is 6.30. The first-order valence-electron chi connectivity index (χ1n) is 10.1. The second-order valence-electron chi connectivity index (χ2n) is 7.68. The van der Waals surface area contributed by atoms with E-state index < -0.39 is 6.10 Å². The number of anilines is 3. The predicted octanol–water partition coefficient (Wildman–Crippen LogP) is 2.82. The summed E-state index contributed by atoms with van der Waals surface area (Å²) in [4.78, 5) is 16.4. The van der Waals surface area contributed by atoms with Crippen molar-refractivity contribution < 1.29 is 9.90 Å². The van der Waals surface area contributed by atoms with Crippen molar-refractivity contribution >= 4 is 34.6 Å². The standard InChI is InChI=1S/C22H27ClN4O2/c23-16-4-6-17(7-5-16)24-14-18(28)15-26-10-12-27(13-11-26)21-3-1-2-20-19(21)8-9-22(29)25-20/h1-7,18,24,28H,8-15H2,(H,25,29). The molecule has 0 bridgehead atoms. The van der Waals surface area contributed by atoms with Gasteiger partial charge in [0, 0.05) is 67.8 Å². The van der Waals surface area contributed by atoms with Gasteiger partial charge in [-0.1, -0.05) is 17.7 Å². The van der Waals surface area contributed by atoms with Gasteiger partial charge in [-0.05, 0) is 48.4 Å². The quantitative estimate of drug-likeness (QED) is 0.678. The Morgan fingerprint density at radius 1 is 1.07 bits per heavy atom. The molecule has 29 heavy (non-hydrogen) atoms. The van der Waals surface area contributed by atoms with Gasteiger partial charge in [0.05, 0.1) is 6.10 Å². The van der Waals surface area contributed by atoms with E-state index in [4.69, 9.17) is 11.6 Å². The molecule has 2 aliphatic heterocycles. The van der Waals surface area contributed by atoms with Gasteiger partial charge in [0.2, 0.25) is 5.91 Å². The van der Waals surface area contributed by atoms with Crippen molar-refractivity contribution in [1.82, 2.24) is 4.90 Å². The van der Waals surface area contributed by atoms with E-state index in [9.17, 15) is 9.90 Å². The minimum Gasteiger partial charge on any atom is -0.390 e. The number of fused-ring (bicyclic) bond motifs is 1. The lowest BCUT2D eigenvalue weighted by Crippen LogP contribution is -2.49. The number of aliphatic hydroxyl groups is 1. The number of carbonyl (C=O) groups is 1. The third-order valence-electron chi connectivity index (χ3n) is 5.60. The Morgan fingerprint density at radius 2 is 1.83 bits per heavy atom. The Bertz CT molecular complexity index is 850. The van der Waals surface area contributed by atoms with Gasteiger partial charge >= 0.3 is 0 Å². The topological polar surface area (TPSA) is 67.8 Å². The normalized spacial score (nSPS) is 18.1. The molecule has 154 valence electrons. The van der Waals surface area contributed by atoms with Crippen LogP contribution in [0.2, 0.25) is 5.02 Å². The van der Waals surface area contributed by atoms with Crippen LogP contribution in [0.1, 0.15) is 12.0 Å². The lowest BCUT2D eigenvalue weighted by molar-refractivity contribution is -0.116. The van der Waals surface area contributed by atoms with Crippen LogP contribution in [0.4, 0.5) is 17.1 Å². The zero-order valence-electron chi connectivity index (χ0n) is 16.4. The monoisotopic (exact) mass is 414 g/mol. The number of β-amino-alcohol motifs (C(OH)–C–C–N with tert-alkyl or cyclic N) is 1. The molecule has 3 N–H and O–H groups in total. The summed E-state index contributed by atoms with van der Waals surface area (Å²) in [5.74, 6) is 0.0978. The van der Waals surface area contributed by atoms with Crippen molar-refractivity contribution in [2.75, 3.05) is 54.8 Å². The summed E-state index contributed by atoms with van der Waals surface area (Å²) < 4.78 is 0. The maximum absolute atomic E-state index is 11.7. The number of benzene rings is 2. The Kier molecular flexibility index (Phi) is 6.23. The molecular formula is C22H27ClN4O2. The van der Waals surface area contributed by atoms with E-state index in [1.807, 2.05) is 36.4 Å². The first-order chi connectivity index (χ1) is 14.1. The van der Waals surface area contributed by atoms with Gasteiger partial charge in [-0.2, -0.15) is 0 Å². The Balaban J connectivity index is 1.27. The Labute approximate surface area is 176 Å². The van der Waals surface area contributed by atoms with Crippen LogP contribution < -0.4 is 15.5 Å². The first-order valence-corrected chi connectivity index (χ1v) is 10.5. The van der Waals surface area contributed by atoms with Crippen LogP contribution in [-0.4, -0.2) is 61.3 Å². The van der Waals surface area contributed by atoms with Gasteiger partial charge in [0.25, 0.3) is 0 Å². The van der Waals surface area contributed by atoms with Gasteiger partial charge < -0.3 is 20.6 Å². The summed E-state index contributed by atoms with van der Waals surface area (Å²) in [5.41, 5.74) is 4.38. The summed E-state index contributed by atoms with van der Waals surface area (Å²) >= 11 is 5.90. The van der Waals surface area contributed by atoms with Gasteiger partial charge in [-0.25, -0.2) is 0 Å². The summed E-state index contributed by atoms with van der Waals surface area (Å²) in [6, 6.07) is 13.6. The van der Waals surface area contributed by atoms with Crippen LogP contribution in [0.15, 0.2) is 42.5 Å². The molecule has 0 spiro atoms. The summed E-state index contributed by atoms with van der Waals surface area (Å²) in [5, 5.41) is 17.3. The van der Waals surface area contributed by atoms with Gasteiger partial charge in [0.1, 0.15) is 0 Å². The van der Waals surface area contributed by atoms with E-state index in [0.29, 0.717) is 24.5 Å². The van der Waals surface area contributed by atoms with E-state index >= 15 is 0 Å². The number of rotatable bonds is 6. The van der Waals surface area contributed by atoms with Crippen molar-refractivity contribution in [3.8, 4) is 0 Å². The zero-order valence-corrected chi connectivity index (χ0v) is 17.2. The van der Waals surface area contributed by atoms with Crippen LogP contribution in [0, 0.1) is 0 Å². The average molecular weight is 415 g/mol. The van der Waals surface area contributed by atoms with Gasteiger partial charge in [-0.3, -0.25) is 9.69 Å². The number of carbonyl (C=O) groups excluding carboxylic acids is 1. The number of nitrogens with zero attached hydrogens (tertiary/aromatic N) is 2. The molecule has 1 atom stereocenters. The fourth-order valence-electron chi connectivity index (χ4n) is 4.04. The van der Waals surface area contributed by atoms with Crippen LogP contribution in [0.3, 0.4) is 0 Å². The summed E-state index contributed by atoms with van der Waals surface area (Å²) in [6.45, 7) is 4.82. The zero-order chi connectivity index (χ0) is 20.2. The second kappa shape index (κ2) is 9.03. The van der Waals surface area contributed by atoms with Crippen LogP contribution >= 0.6 is 11.6 Å². The molecular weight excluding hydrogens is 388 g/mol. The lowest BCUT2D eigenvalue weighted by Gasteiger charge is -2.38. The molecule has 1 unspecified atom stereocenters. The molecule has 1 fully saturated rings. The van der Waals surface area contributed by atoms with E-state index in [0.717, 1.165) is 44.0 Å². The number of hydrogen-bond acceptors (Lipinski definition) is 5. The molecule has 0 saturated carbocycles. The summed E-state index contributed by atoms with van der Waals surface area (Å²) in [6.07, 6.45) is 0.917. The van der Waals surface area contributed by atoms with E-state index in [2.05, 4.69) is 26.5 Å². The number of piperazine rings is 1. The van der Waals surface area contributed by atoms with Crippen molar-refractivity contribution in [3.63, 3.8) is 0 Å². The SMILES string of the molecule is O=C1CCc2c(cccc2N2CCN(CC(O)CNc3ccc(Cl)cc3)CC2)N1. The highest BCUT2D eigenvalue weighted by atomic mass is 35.5. The highest BCUT2D eigenvalue weighted by Gasteiger charge is 2.24. The average Bonchev–Trinajstić information content (AvgIpc) is 2.73. The molecule has 1 saturated heterocycles. The maximum Gasteiger partial charge on any atom is 0.224 e. The largest absolute Gasteiger partial charge is 0.390 e. The molecule has 7 heteroatoms. The fraction of sp³-hybridized carbons (Fsp3) is 0.409. The second-order valence-corrected chi connectivity index (χ2v) is 8.12. The first kappa shape index (κ1) is 20.0. The predicted molar refractivity (Wildman–Crippen MR) is 118 cm³/mol.